The summed E-state index contributed by atoms with van der Waals surface area (Å²) in [5.41, 5.74) is 7.08. The predicted octanol–water partition coefficient (Wildman–Crippen LogP) is 6.21. The van der Waals surface area contributed by atoms with Crippen LogP contribution >= 0.6 is 0 Å². The lowest BCUT2D eigenvalue weighted by atomic mass is 10.0. The molecule has 0 amide bonds. The van der Waals surface area contributed by atoms with Crippen LogP contribution in [0.3, 0.4) is 0 Å². The van der Waals surface area contributed by atoms with Crippen molar-refractivity contribution in [3.8, 4) is 16.9 Å². The average molecular weight is 376 g/mol. The molecule has 0 bridgehead atoms. The Kier molecular flexibility index (Phi) is 6.72. The molecule has 0 spiro atoms. The van der Waals surface area contributed by atoms with Crippen LogP contribution in [0.25, 0.3) is 11.1 Å². The van der Waals surface area contributed by atoms with Crippen LogP contribution in [0.1, 0.15) is 30.5 Å². The Balaban J connectivity index is 1.79. The van der Waals surface area contributed by atoms with Crippen molar-refractivity contribution in [3.63, 3.8) is 0 Å². The molecule has 0 radical (unpaired) electrons. The van der Waals surface area contributed by atoms with Gasteiger partial charge in [-0.05, 0) is 61.2 Å². The van der Waals surface area contributed by atoms with Crippen LogP contribution in [0.15, 0.2) is 66.7 Å². The Morgan fingerprint density at radius 3 is 2.36 bits per heavy atom. The summed E-state index contributed by atoms with van der Waals surface area (Å²) in [5, 5.41) is 3.58. The van der Waals surface area contributed by atoms with Gasteiger partial charge in [-0.2, -0.15) is 0 Å². The van der Waals surface area contributed by atoms with Gasteiger partial charge in [-0.25, -0.2) is 0 Å². The van der Waals surface area contributed by atoms with Gasteiger partial charge in [0.25, 0.3) is 0 Å². The highest BCUT2D eigenvalue weighted by atomic mass is 16.5. The highest BCUT2D eigenvalue weighted by Gasteiger charge is 2.09. The summed E-state index contributed by atoms with van der Waals surface area (Å²) >= 11 is 0. The van der Waals surface area contributed by atoms with Gasteiger partial charge in [-0.15, -0.1) is 0 Å². The van der Waals surface area contributed by atoms with Gasteiger partial charge in [0.1, 0.15) is 5.75 Å². The summed E-state index contributed by atoms with van der Waals surface area (Å²) in [6.45, 7) is 7.58. The first-order valence-corrected chi connectivity index (χ1v) is 9.74. The molecule has 0 aliphatic heterocycles. The minimum atomic E-state index is 0.223. The van der Waals surface area contributed by atoms with E-state index in [4.69, 9.17) is 9.47 Å². The summed E-state index contributed by atoms with van der Waals surface area (Å²) < 4.78 is 11.4. The Bertz CT molecular complexity index is 904. The summed E-state index contributed by atoms with van der Waals surface area (Å²) in [5.74, 6) is 0.893. The fraction of sp³-hybridized carbons (Fsp3) is 0.280. The molecule has 0 aliphatic carbocycles. The smallest absolute Gasteiger partial charge is 0.123 e. The summed E-state index contributed by atoms with van der Waals surface area (Å²) in [6.07, 6.45) is 0.223. The zero-order valence-corrected chi connectivity index (χ0v) is 17.2. The third-order valence-electron chi connectivity index (χ3n) is 4.87. The van der Waals surface area contributed by atoms with Crippen LogP contribution in [0.2, 0.25) is 0 Å². The van der Waals surface area contributed by atoms with E-state index in [1.807, 2.05) is 12.1 Å². The number of hydrogen-bond donors (Lipinski definition) is 1. The quantitative estimate of drug-likeness (QED) is 0.508. The molecule has 3 rings (SSSR count). The van der Waals surface area contributed by atoms with Gasteiger partial charge in [-0.1, -0.05) is 48.5 Å². The lowest BCUT2D eigenvalue weighted by Crippen LogP contribution is -2.07. The molecule has 3 aromatic carbocycles. The molecule has 3 nitrogen and oxygen atoms in total. The number of ether oxygens (including phenoxy) is 2. The fourth-order valence-electron chi connectivity index (χ4n) is 3.21. The van der Waals surface area contributed by atoms with Crippen molar-refractivity contribution in [2.24, 2.45) is 0 Å². The number of nitrogens with one attached hydrogen (secondary N) is 1. The normalized spacial score (nSPS) is 10.9. The van der Waals surface area contributed by atoms with E-state index in [0.29, 0.717) is 13.2 Å². The molecule has 0 saturated carbocycles. The molecule has 0 unspecified atom stereocenters. The zero-order valence-electron chi connectivity index (χ0n) is 17.2. The van der Waals surface area contributed by atoms with E-state index in [-0.39, 0.29) is 6.10 Å². The first-order valence-electron chi connectivity index (χ1n) is 9.74. The first-order chi connectivity index (χ1) is 13.6. The Morgan fingerprint density at radius 1 is 0.857 bits per heavy atom. The lowest BCUT2D eigenvalue weighted by Gasteiger charge is -2.16. The van der Waals surface area contributed by atoms with E-state index in [9.17, 15) is 0 Å². The zero-order chi connectivity index (χ0) is 19.9. The minimum absolute atomic E-state index is 0.223. The maximum absolute atomic E-state index is 5.78. The topological polar surface area (TPSA) is 30.5 Å². The van der Waals surface area contributed by atoms with Gasteiger partial charge >= 0.3 is 0 Å². The van der Waals surface area contributed by atoms with Crippen LogP contribution in [0.4, 0.5) is 5.69 Å². The largest absolute Gasteiger partial charge is 0.496 e. The van der Waals surface area contributed by atoms with E-state index in [1.54, 1.807) is 7.11 Å². The van der Waals surface area contributed by atoms with Crippen molar-refractivity contribution in [1.29, 1.82) is 0 Å². The van der Waals surface area contributed by atoms with E-state index < -0.39 is 0 Å². The maximum Gasteiger partial charge on any atom is 0.123 e. The number of hydrogen-bond acceptors (Lipinski definition) is 3. The lowest BCUT2D eigenvalue weighted by molar-refractivity contribution is 0.0654. The van der Waals surface area contributed by atoms with Crippen LogP contribution in [-0.2, 0) is 17.9 Å². The molecule has 3 heteroatoms. The van der Waals surface area contributed by atoms with Gasteiger partial charge in [0.05, 0.1) is 19.8 Å². The van der Waals surface area contributed by atoms with E-state index in [1.165, 1.54) is 22.3 Å². The summed E-state index contributed by atoms with van der Waals surface area (Å²) in [7, 11) is 1.72. The Labute approximate surface area is 168 Å². The standard InChI is InChI=1S/C25H29NO2/c1-18(2)28-17-22-11-8-12-24(19(22)3)26-16-23-15-21(13-14-25(23)27-4)20-9-6-5-7-10-20/h5-15,18,26H,16-17H2,1-4H3. The van der Waals surface area contributed by atoms with E-state index >= 15 is 0 Å². The Hall–Kier alpha value is -2.78. The van der Waals surface area contributed by atoms with Crippen molar-refractivity contribution in [1.82, 2.24) is 0 Å². The van der Waals surface area contributed by atoms with Gasteiger partial charge in [0.2, 0.25) is 0 Å². The summed E-state index contributed by atoms with van der Waals surface area (Å²) in [4.78, 5) is 0. The van der Waals surface area contributed by atoms with Crippen molar-refractivity contribution in [2.45, 2.75) is 40.0 Å². The third-order valence-corrected chi connectivity index (χ3v) is 4.87. The predicted molar refractivity (Wildman–Crippen MR) is 117 cm³/mol. The van der Waals surface area contributed by atoms with Gasteiger partial charge < -0.3 is 14.8 Å². The molecule has 0 saturated heterocycles. The number of rotatable bonds is 8. The number of anilines is 1. The van der Waals surface area contributed by atoms with Gasteiger partial charge in [0.15, 0.2) is 0 Å². The second-order valence-electron chi connectivity index (χ2n) is 7.20. The molecule has 0 aliphatic rings. The molecular formula is C25H29NO2. The minimum Gasteiger partial charge on any atom is -0.496 e. The van der Waals surface area contributed by atoms with Crippen molar-refractivity contribution in [2.75, 3.05) is 12.4 Å². The molecule has 28 heavy (non-hydrogen) atoms. The van der Waals surface area contributed by atoms with Crippen LogP contribution in [0.5, 0.6) is 5.75 Å². The van der Waals surface area contributed by atoms with Gasteiger partial charge in [0, 0.05) is 17.8 Å². The molecule has 1 N–H and O–H groups in total. The number of methoxy groups -OCH3 is 1. The van der Waals surface area contributed by atoms with Crippen LogP contribution < -0.4 is 10.1 Å². The molecule has 3 aromatic rings. The molecule has 0 heterocycles. The van der Waals surface area contributed by atoms with Crippen molar-refractivity contribution >= 4 is 5.69 Å². The van der Waals surface area contributed by atoms with Crippen LogP contribution in [0, 0.1) is 6.92 Å². The maximum atomic E-state index is 5.78. The van der Waals surface area contributed by atoms with Gasteiger partial charge in [-0.3, -0.25) is 0 Å². The second kappa shape index (κ2) is 9.43. The monoisotopic (exact) mass is 375 g/mol. The van der Waals surface area contributed by atoms with Crippen molar-refractivity contribution < 1.29 is 9.47 Å². The molecule has 0 aromatic heterocycles. The average Bonchev–Trinajstić information content (AvgIpc) is 2.72. The highest BCUT2D eigenvalue weighted by molar-refractivity contribution is 5.66. The molecule has 0 fully saturated rings. The second-order valence-corrected chi connectivity index (χ2v) is 7.20. The molecule has 0 atom stereocenters. The molecular weight excluding hydrogens is 346 g/mol. The fourth-order valence-corrected chi connectivity index (χ4v) is 3.21. The SMILES string of the molecule is COc1ccc(-c2ccccc2)cc1CNc1cccc(COC(C)C)c1C. The van der Waals surface area contributed by atoms with E-state index in [0.717, 1.165) is 17.0 Å². The molecule has 146 valence electrons. The van der Waals surface area contributed by atoms with Crippen LogP contribution in [-0.4, -0.2) is 13.2 Å². The van der Waals surface area contributed by atoms with Crippen molar-refractivity contribution in [3.05, 3.63) is 83.4 Å². The first kappa shape index (κ1) is 20.0. The summed E-state index contributed by atoms with van der Waals surface area (Å²) in [6, 6.07) is 23.1. The number of benzene rings is 3. The highest BCUT2D eigenvalue weighted by Crippen LogP contribution is 2.28. The third kappa shape index (κ3) is 4.93. The Morgan fingerprint density at radius 2 is 1.64 bits per heavy atom. The van der Waals surface area contributed by atoms with E-state index in [2.05, 4.69) is 80.7 Å².